The first kappa shape index (κ1) is 18.7. The summed E-state index contributed by atoms with van der Waals surface area (Å²) in [6.45, 7) is 3.38. The maximum Gasteiger partial charge on any atom is 0.303 e. The van der Waals surface area contributed by atoms with E-state index in [0.717, 1.165) is 0 Å². The molecule has 4 atom stereocenters. The van der Waals surface area contributed by atoms with E-state index in [2.05, 4.69) is 0 Å². The van der Waals surface area contributed by atoms with Crippen molar-refractivity contribution < 1.29 is 33.3 Å². The van der Waals surface area contributed by atoms with Crippen LogP contribution < -0.4 is 5.56 Å². The molecule has 1 fully saturated rings. The van der Waals surface area contributed by atoms with Crippen LogP contribution in [0.15, 0.2) is 29.2 Å². The van der Waals surface area contributed by atoms with Crippen molar-refractivity contribution in [3.8, 4) is 0 Å². The molecule has 0 bridgehead atoms. The Morgan fingerprint density at radius 3 is 2.24 bits per heavy atom. The Morgan fingerprint density at radius 1 is 1.04 bits per heavy atom. The van der Waals surface area contributed by atoms with Gasteiger partial charge in [0.25, 0.3) is 5.56 Å². The minimum absolute atomic E-state index is 0.219. The van der Waals surface area contributed by atoms with E-state index in [1.807, 2.05) is 0 Å². The summed E-state index contributed by atoms with van der Waals surface area (Å²) in [5.41, 5.74) is -0.389. The molecular weight excluding hydrogens is 334 g/mol. The molecule has 9 nitrogen and oxygen atoms in total. The van der Waals surface area contributed by atoms with Crippen molar-refractivity contribution in [1.82, 2.24) is 4.57 Å². The van der Waals surface area contributed by atoms with Gasteiger partial charge in [-0.15, -0.1) is 0 Å². The third-order valence-corrected chi connectivity index (χ3v) is 3.47. The average molecular weight is 353 g/mol. The molecular formula is C16H19NO8. The summed E-state index contributed by atoms with van der Waals surface area (Å²) >= 11 is 0. The van der Waals surface area contributed by atoms with Crippen LogP contribution in [0.5, 0.6) is 0 Å². The minimum Gasteiger partial charge on any atom is -0.463 e. The third kappa shape index (κ3) is 4.66. The number of nitrogens with zero attached hydrogens (tertiary/aromatic N) is 1. The molecule has 2 rings (SSSR count). The van der Waals surface area contributed by atoms with E-state index >= 15 is 0 Å². The van der Waals surface area contributed by atoms with Crippen LogP contribution in [0.2, 0.25) is 0 Å². The lowest BCUT2D eigenvalue weighted by Crippen LogP contribution is -2.41. The van der Waals surface area contributed by atoms with Gasteiger partial charge in [-0.1, -0.05) is 6.07 Å². The van der Waals surface area contributed by atoms with Crippen molar-refractivity contribution in [2.75, 3.05) is 6.61 Å². The van der Waals surface area contributed by atoms with Crippen molar-refractivity contribution in [1.29, 1.82) is 0 Å². The molecule has 0 aromatic carbocycles. The lowest BCUT2D eigenvalue weighted by molar-refractivity contribution is -0.166. The number of aromatic nitrogens is 1. The number of carbonyl (C=O) groups is 3. The molecule has 25 heavy (non-hydrogen) atoms. The molecule has 1 saturated heterocycles. The van der Waals surface area contributed by atoms with Crippen molar-refractivity contribution in [2.45, 2.75) is 45.3 Å². The van der Waals surface area contributed by atoms with E-state index < -0.39 is 42.4 Å². The molecule has 0 spiro atoms. The third-order valence-electron chi connectivity index (χ3n) is 3.47. The normalized spacial score (nSPS) is 25.2. The summed E-state index contributed by atoms with van der Waals surface area (Å²) in [5, 5.41) is 0. The molecule has 0 aliphatic carbocycles. The maximum atomic E-state index is 12.1. The molecule has 4 unspecified atom stereocenters. The smallest absolute Gasteiger partial charge is 0.303 e. The van der Waals surface area contributed by atoms with E-state index in [9.17, 15) is 19.2 Å². The molecule has 0 saturated carbocycles. The van der Waals surface area contributed by atoms with Gasteiger partial charge in [-0.05, 0) is 6.07 Å². The van der Waals surface area contributed by atoms with E-state index in [0.29, 0.717) is 0 Å². The Hall–Kier alpha value is -2.68. The fourth-order valence-corrected chi connectivity index (χ4v) is 2.57. The van der Waals surface area contributed by atoms with Gasteiger partial charge >= 0.3 is 17.9 Å². The fourth-order valence-electron chi connectivity index (χ4n) is 2.57. The fraction of sp³-hybridized carbons (Fsp3) is 0.500. The van der Waals surface area contributed by atoms with Crippen LogP contribution in [-0.2, 0) is 33.3 Å². The van der Waals surface area contributed by atoms with E-state index in [1.54, 1.807) is 12.1 Å². The lowest BCUT2D eigenvalue weighted by atomic mass is 10.1. The average Bonchev–Trinajstić information content (AvgIpc) is 2.82. The molecule has 0 N–H and O–H groups in total. The summed E-state index contributed by atoms with van der Waals surface area (Å²) in [6.07, 6.45) is -2.56. The molecule has 1 aromatic rings. The van der Waals surface area contributed by atoms with Crippen LogP contribution in [0.1, 0.15) is 27.0 Å². The highest BCUT2D eigenvalue weighted by atomic mass is 16.7. The van der Waals surface area contributed by atoms with Crippen LogP contribution in [0.3, 0.4) is 0 Å². The Balaban J connectivity index is 2.37. The summed E-state index contributed by atoms with van der Waals surface area (Å²) < 4.78 is 22.3. The van der Waals surface area contributed by atoms with Crippen molar-refractivity contribution in [2.24, 2.45) is 0 Å². The summed E-state index contributed by atoms with van der Waals surface area (Å²) in [5.74, 6) is -1.80. The second kappa shape index (κ2) is 7.93. The van der Waals surface area contributed by atoms with Gasteiger partial charge in [-0.25, -0.2) is 0 Å². The highest BCUT2D eigenvalue weighted by Gasteiger charge is 2.50. The number of hydrogen-bond donors (Lipinski definition) is 0. The van der Waals surface area contributed by atoms with Gasteiger partial charge in [0.05, 0.1) is 0 Å². The van der Waals surface area contributed by atoms with Crippen LogP contribution in [0.4, 0.5) is 0 Å². The highest BCUT2D eigenvalue weighted by Crippen LogP contribution is 2.33. The number of esters is 3. The van der Waals surface area contributed by atoms with Gasteiger partial charge in [-0.2, -0.15) is 0 Å². The highest BCUT2D eigenvalue weighted by molar-refractivity contribution is 5.67. The number of pyridine rings is 1. The predicted molar refractivity (Wildman–Crippen MR) is 82.4 cm³/mol. The number of carbonyl (C=O) groups excluding carboxylic acids is 3. The van der Waals surface area contributed by atoms with Crippen LogP contribution in [0, 0.1) is 0 Å². The second-order valence-electron chi connectivity index (χ2n) is 5.46. The van der Waals surface area contributed by atoms with Crippen molar-refractivity contribution >= 4 is 17.9 Å². The molecule has 0 radical (unpaired) electrons. The van der Waals surface area contributed by atoms with Gasteiger partial charge in [0.2, 0.25) is 0 Å². The first-order valence-corrected chi connectivity index (χ1v) is 7.60. The Morgan fingerprint density at radius 2 is 1.68 bits per heavy atom. The van der Waals surface area contributed by atoms with E-state index in [4.69, 9.17) is 18.9 Å². The van der Waals surface area contributed by atoms with Gasteiger partial charge in [0, 0.05) is 33.0 Å². The van der Waals surface area contributed by atoms with Gasteiger partial charge < -0.3 is 18.9 Å². The number of ether oxygens (including phenoxy) is 4. The van der Waals surface area contributed by atoms with Crippen LogP contribution in [0.25, 0.3) is 0 Å². The number of hydrogen-bond acceptors (Lipinski definition) is 8. The monoisotopic (exact) mass is 353 g/mol. The lowest BCUT2D eigenvalue weighted by Gasteiger charge is -2.23. The van der Waals surface area contributed by atoms with Gasteiger partial charge in [0.15, 0.2) is 18.4 Å². The first-order chi connectivity index (χ1) is 11.8. The zero-order valence-corrected chi connectivity index (χ0v) is 14.0. The Labute approximate surface area is 143 Å². The Bertz CT molecular complexity index is 712. The zero-order chi connectivity index (χ0) is 18.6. The molecule has 1 aromatic heterocycles. The number of rotatable bonds is 5. The largest absolute Gasteiger partial charge is 0.463 e. The SMILES string of the molecule is CC(=O)OCC1OC(n2ccccc2=O)C(OC(C)=O)C1OC(C)=O. The van der Waals surface area contributed by atoms with Crippen molar-refractivity contribution in [3.05, 3.63) is 34.7 Å². The predicted octanol–water partition coefficient (Wildman–Crippen LogP) is 0.172. The second-order valence-corrected chi connectivity index (χ2v) is 5.46. The standard InChI is InChI=1S/C16H19NO8/c1-9(18)22-8-12-14(23-10(2)19)15(24-11(3)20)16(25-12)17-7-5-4-6-13(17)21/h4-7,12,14-16H,8H2,1-3H3. The molecule has 9 heteroatoms. The quantitative estimate of drug-likeness (QED) is 0.544. The van der Waals surface area contributed by atoms with Crippen LogP contribution >= 0.6 is 0 Å². The minimum atomic E-state index is -1.07. The summed E-state index contributed by atoms with van der Waals surface area (Å²) in [7, 11) is 0. The molecule has 0 amide bonds. The van der Waals surface area contributed by atoms with Gasteiger partial charge in [0.1, 0.15) is 12.7 Å². The van der Waals surface area contributed by atoms with E-state index in [-0.39, 0.29) is 12.2 Å². The summed E-state index contributed by atoms with van der Waals surface area (Å²) in [4.78, 5) is 46.1. The van der Waals surface area contributed by atoms with Gasteiger partial charge in [-0.3, -0.25) is 23.7 Å². The topological polar surface area (TPSA) is 110 Å². The Kier molecular flexibility index (Phi) is 5.92. The van der Waals surface area contributed by atoms with Crippen molar-refractivity contribution in [3.63, 3.8) is 0 Å². The summed E-state index contributed by atoms with van der Waals surface area (Å²) in [6, 6.07) is 4.47. The van der Waals surface area contributed by atoms with E-state index in [1.165, 1.54) is 37.6 Å². The maximum absolute atomic E-state index is 12.1. The molecule has 2 heterocycles. The molecule has 1 aliphatic rings. The van der Waals surface area contributed by atoms with Crippen LogP contribution in [-0.4, -0.2) is 47.4 Å². The first-order valence-electron chi connectivity index (χ1n) is 7.60. The molecule has 136 valence electrons. The zero-order valence-electron chi connectivity index (χ0n) is 14.0. The molecule has 1 aliphatic heterocycles.